The Balaban J connectivity index is 1.16. The van der Waals surface area contributed by atoms with Gasteiger partial charge in [0, 0.05) is 53.9 Å². The molecule has 0 radical (unpaired) electrons. The van der Waals surface area contributed by atoms with Gasteiger partial charge in [-0.2, -0.15) is 10.5 Å². The lowest BCUT2D eigenvalue weighted by Gasteiger charge is -2.27. The fourth-order valence-electron chi connectivity index (χ4n) is 14.3. The van der Waals surface area contributed by atoms with Crippen molar-refractivity contribution in [1.29, 1.82) is 10.5 Å². The van der Waals surface area contributed by atoms with Crippen molar-refractivity contribution in [3.63, 3.8) is 0 Å². The van der Waals surface area contributed by atoms with Crippen molar-refractivity contribution in [1.82, 2.24) is 18.3 Å². The second-order valence-electron chi connectivity index (χ2n) is 21.6. The van der Waals surface area contributed by atoms with Gasteiger partial charge in [0.05, 0.1) is 66.9 Å². The first kappa shape index (κ1) is 45.2. The number of furan rings is 1. The Morgan fingerprint density at radius 3 is 1.18 bits per heavy atom. The van der Waals surface area contributed by atoms with Crippen LogP contribution in [-0.4, -0.2) is 18.3 Å². The molecule has 382 valence electrons. The topological polar surface area (TPSA) is 80.4 Å². The van der Waals surface area contributed by atoms with Gasteiger partial charge in [-0.15, -0.1) is 0 Å². The number of fused-ring (bicyclic) bond motifs is 19. The van der Waals surface area contributed by atoms with Gasteiger partial charge in [-0.25, -0.2) is 0 Å². The van der Waals surface area contributed by atoms with Crippen molar-refractivity contribution in [3.8, 4) is 46.0 Å². The highest BCUT2D eigenvalue weighted by Gasteiger charge is 2.36. The van der Waals surface area contributed by atoms with E-state index in [-0.39, 0.29) is 0 Å². The van der Waals surface area contributed by atoms with E-state index < -0.39 is 0 Å². The van der Waals surface area contributed by atoms with Crippen LogP contribution in [0.5, 0.6) is 0 Å². The lowest BCUT2D eigenvalue weighted by molar-refractivity contribution is 0.671. The highest BCUT2D eigenvalue weighted by molar-refractivity contribution is 6.27. The average Bonchev–Trinajstić information content (AvgIpc) is 3.91. The van der Waals surface area contributed by atoms with Crippen molar-refractivity contribution in [3.05, 3.63) is 266 Å². The lowest BCUT2D eigenvalue weighted by atomic mass is 9.91. The molecule has 83 heavy (non-hydrogen) atoms. The van der Waals surface area contributed by atoms with Gasteiger partial charge in [-0.05, 0) is 93.3 Å². The van der Waals surface area contributed by atoms with Gasteiger partial charge >= 0.3 is 0 Å². The Morgan fingerprint density at radius 1 is 0.277 bits per heavy atom. The molecule has 0 atom stereocenters. The van der Waals surface area contributed by atoms with Crippen LogP contribution in [0.1, 0.15) is 11.1 Å². The third kappa shape index (κ3) is 5.99. The smallest absolute Gasteiger partial charge is 0.160 e. The summed E-state index contributed by atoms with van der Waals surface area (Å²) in [6.45, 7) is 0. The van der Waals surface area contributed by atoms with E-state index >= 15 is 0 Å². The van der Waals surface area contributed by atoms with Crippen molar-refractivity contribution in [2.45, 2.75) is 0 Å². The maximum atomic E-state index is 12.7. The summed E-state index contributed by atoms with van der Waals surface area (Å²) in [6.07, 6.45) is 0. The monoisotopic (exact) mass is 1050 g/mol. The van der Waals surface area contributed by atoms with Crippen LogP contribution < -0.4 is 0 Å². The van der Waals surface area contributed by atoms with Gasteiger partial charge in [0.2, 0.25) is 0 Å². The summed E-state index contributed by atoms with van der Waals surface area (Å²) in [5, 5.41) is 40.2. The van der Waals surface area contributed by atoms with E-state index in [2.05, 4.69) is 261 Å². The summed E-state index contributed by atoms with van der Waals surface area (Å²) in [5.41, 5.74) is 13.7. The predicted octanol–water partition coefficient (Wildman–Crippen LogP) is 19.7. The van der Waals surface area contributed by atoms with Crippen LogP contribution in [0.3, 0.4) is 0 Å². The first-order chi connectivity index (χ1) is 41.2. The fraction of sp³-hybridized carbons (Fsp3) is 0. The van der Waals surface area contributed by atoms with Crippen LogP contribution in [0.2, 0.25) is 0 Å². The Labute approximate surface area is 473 Å². The molecule has 0 aliphatic heterocycles. The first-order valence-electron chi connectivity index (χ1n) is 28.0. The van der Waals surface area contributed by atoms with Crippen LogP contribution >= 0.6 is 0 Å². The number of benzene rings is 13. The highest BCUT2D eigenvalue weighted by Crippen LogP contribution is 2.52. The molecular weight excluding hydrogens is 1010 g/mol. The number of rotatable bonds is 5. The molecule has 0 fully saturated rings. The molecule has 7 heteroatoms. The largest absolute Gasteiger partial charge is 0.454 e. The molecule has 0 saturated carbocycles. The molecule has 0 saturated heterocycles. The molecule has 13 aromatic carbocycles. The number of aromatic nitrogens is 4. The van der Waals surface area contributed by atoms with E-state index in [1.165, 1.54) is 10.8 Å². The zero-order valence-corrected chi connectivity index (χ0v) is 44.3. The minimum absolute atomic E-state index is 0.336. The molecule has 0 aliphatic carbocycles. The molecule has 0 amide bonds. The van der Waals surface area contributed by atoms with Crippen LogP contribution in [0, 0.1) is 22.7 Å². The minimum Gasteiger partial charge on any atom is -0.454 e. The average molecular weight is 1060 g/mol. The predicted molar refractivity (Wildman–Crippen MR) is 341 cm³/mol. The molecule has 18 aromatic rings. The third-order valence-electron chi connectivity index (χ3n) is 17.6. The number of hydrogen-bond acceptors (Lipinski definition) is 3. The van der Waals surface area contributed by atoms with Crippen molar-refractivity contribution < 1.29 is 4.42 Å². The van der Waals surface area contributed by atoms with Crippen molar-refractivity contribution >= 4 is 131 Å². The van der Waals surface area contributed by atoms with Gasteiger partial charge in [0.25, 0.3) is 0 Å². The molecule has 0 N–H and O–H groups in total. The Hall–Kier alpha value is -11.6. The summed E-state index contributed by atoms with van der Waals surface area (Å²) in [6, 6.07) is 95.5. The van der Waals surface area contributed by atoms with E-state index in [0.29, 0.717) is 39.5 Å². The molecule has 5 heterocycles. The normalized spacial score (nSPS) is 12.1. The minimum atomic E-state index is 0.336. The summed E-state index contributed by atoms with van der Waals surface area (Å²) in [5.74, 6) is 0. The number of hydrogen-bond donors (Lipinski definition) is 0. The molecule has 0 unspecified atom stereocenters. The van der Waals surface area contributed by atoms with Gasteiger partial charge in [0.1, 0.15) is 28.8 Å². The van der Waals surface area contributed by atoms with Gasteiger partial charge < -0.3 is 22.7 Å². The quantitative estimate of drug-likeness (QED) is 0.161. The zero-order chi connectivity index (χ0) is 54.6. The highest BCUT2D eigenvalue weighted by atomic mass is 16.3. The standard InChI is InChI=1S/C76H42N6O/c77-43-60-71(79-62-32-12-5-24-49(62)50-25-6-13-33-63(50)79)61(44-78)73(81-66-36-16-9-28-53(66)54-29-10-17-37-67(54)81)75(72(60)80-64-34-14-7-26-51(64)52-27-8-15-35-65(52)80)82-68-38-19-31-56(59-42-45-20-1-2-21-46(45)47-22-3-4-23-48(47)59)70(68)58-41-40-57-55-30-11-18-39-69(55)83-76(57)74(58)82/h1-42H. The SMILES string of the molecule is N#Cc1c(-n2c3ccccc3c3ccccc32)c(C#N)c(-n2c3ccccc3c3ccccc32)c(-n2c3cccc(-c4cc5ccccc5c5ccccc45)c3c3ccc4c5ccccc5oc4c32)c1-n1c2ccccc2c2ccccc21. The Bertz CT molecular complexity index is 5670. The number of nitriles is 2. The van der Waals surface area contributed by atoms with Crippen LogP contribution in [0.4, 0.5) is 0 Å². The van der Waals surface area contributed by atoms with Crippen molar-refractivity contribution in [2.75, 3.05) is 0 Å². The van der Waals surface area contributed by atoms with E-state index in [0.717, 1.165) is 125 Å². The van der Waals surface area contributed by atoms with Crippen LogP contribution in [0.15, 0.2) is 259 Å². The zero-order valence-electron chi connectivity index (χ0n) is 44.3. The van der Waals surface area contributed by atoms with Crippen LogP contribution in [0.25, 0.3) is 165 Å². The Morgan fingerprint density at radius 2 is 0.675 bits per heavy atom. The van der Waals surface area contributed by atoms with E-state index in [4.69, 9.17) is 4.42 Å². The number of nitrogens with zero attached hydrogens (tertiary/aromatic N) is 6. The summed E-state index contributed by atoms with van der Waals surface area (Å²) < 4.78 is 16.4. The molecule has 5 aromatic heterocycles. The van der Waals surface area contributed by atoms with Crippen molar-refractivity contribution in [2.24, 2.45) is 0 Å². The molecule has 0 spiro atoms. The van der Waals surface area contributed by atoms with E-state index in [1.54, 1.807) is 0 Å². The molecule has 18 rings (SSSR count). The molecule has 7 nitrogen and oxygen atoms in total. The van der Waals surface area contributed by atoms with Gasteiger partial charge in [0.15, 0.2) is 5.58 Å². The van der Waals surface area contributed by atoms with E-state index in [1.807, 2.05) is 24.3 Å². The lowest BCUT2D eigenvalue weighted by Crippen LogP contribution is -2.17. The maximum absolute atomic E-state index is 12.7. The summed E-state index contributed by atoms with van der Waals surface area (Å²) in [7, 11) is 0. The van der Waals surface area contributed by atoms with Crippen LogP contribution in [-0.2, 0) is 0 Å². The summed E-state index contributed by atoms with van der Waals surface area (Å²) in [4.78, 5) is 0. The fourth-order valence-corrected chi connectivity index (χ4v) is 14.3. The van der Waals surface area contributed by atoms with Gasteiger partial charge in [-0.1, -0.05) is 194 Å². The summed E-state index contributed by atoms with van der Waals surface area (Å²) >= 11 is 0. The van der Waals surface area contributed by atoms with Gasteiger partial charge in [-0.3, -0.25) is 0 Å². The van der Waals surface area contributed by atoms with E-state index in [9.17, 15) is 10.5 Å². The second-order valence-corrected chi connectivity index (χ2v) is 21.6. The number of para-hydroxylation sites is 7. The maximum Gasteiger partial charge on any atom is 0.160 e. The second kappa shape index (κ2) is 16.9. The first-order valence-corrected chi connectivity index (χ1v) is 28.0. The molecule has 0 aliphatic rings. The molecule has 0 bridgehead atoms. The Kier molecular flexibility index (Phi) is 9.23. The molecular formula is C76H42N6O. The third-order valence-corrected chi connectivity index (χ3v) is 17.6.